The first-order valence-electron chi connectivity index (χ1n) is 7.33. The minimum Gasteiger partial charge on any atom is -0.392 e. The number of carbonyl (C=O) groups is 1. The molecule has 1 amide bonds. The molecule has 0 fully saturated rings. The van der Waals surface area contributed by atoms with Crippen LogP contribution in [0.4, 0.5) is 5.69 Å². The van der Waals surface area contributed by atoms with Crippen LogP contribution < -0.4 is 5.32 Å². The quantitative estimate of drug-likeness (QED) is 0.847. The van der Waals surface area contributed by atoms with Gasteiger partial charge in [-0.2, -0.15) is 0 Å². The molecule has 0 aliphatic rings. The SMILES string of the molecule is CCCCc1ccc(C(=O)Nc2cccc(CO)c2)cc1. The van der Waals surface area contributed by atoms with Gasteiger partial charge in [-0.05, 0) is 48.2 Å². The van der Waals surface area contributed by atoms with E-state index in [-0.39, 0.29) is 12.5 Å². The summed E-state index contributed by atoms with van der Waals surface area (Å²) in [6, 6.07) is 14.9. The molecule has 3 nitrogen and oxygen atoms in total. The zero-order valence-corrected chi connectivity index (χ0v) is 12.3. The Morgan fingerprint density at radius 2 is 1.86 bits per heavy atom. The standard InChI is InChI=1S/C18H21NO2/c1-2-3-5-14-8-10-16(11-9-14)18(21)19-17-7-4-6-15(12-17)13-20/h4,6-12,20H,2-3,5,13H2,1H3,(H,19,21). The van der Waals surface area contributed by atoms with Gasteiger partial charge >= 0.3 is 0 Å². The van der Waals surface area contributed by atoms with Crippen LogP contribution in [0, 0.1) is 0 Å². The van der Waals surface area contributed by atoms with Crippen molar-refractivity contribution in [3.63, 3.8) is 0 Å². The number of hydrogen-bond donors (Lipinski definition) is 2. The number of hydrogen-bond acceptors (Lipinski definition) is 2. The number of aliphatic hydroxyl groups excluding tert-OH is 1. The predicted octanol–water partition coefficient (Wildman–Crippen LogP) is 3.77. The summed E-state index contributed by atoms with van der Waals surface area (Å²) in [6.45, 7) is 2.14. The molecule has 3 heteroatoms. The summed E-state index contributed by atoms with van der Waals surface area (Å²) in [5, 5.41) is 11.9. The highest BCUT2D eigenvalue weighted by molar-refractivity contribution is 6.04. The van der Waals surface area contributed by atoms with Gasteiger partial charge in [0.2, 0.25) is 0 Å². The van der Waals surface area contributed by atoms with Crippen molar-refractivity contribution in [2.45, 2.75) is 32.8 Å². The number of aliphatic hydroxyl groups is 1. The number of anilines is 1. The molecule has 21 heavy (non-hydrogen) atoms. The number of nitrogens with one attached hydrogen (secondary N) is 1. The van der Waals surface area contributed by atoms with Crippen molar-refractivity contribution in [2.75, 3.05) is 5.32 Å². The van der Waals surface area contributed by atoms with Gasteiger partial charge in [0.15, 0.2) is 0 Å². The average Bonchev–Trinajstić information content (AvgIpc) is 2.53. The Kier molecular flexibility index (Phi) is 5.52. The summed E-state index contributed by atoms with van der Waals surface area (Å²) >= 11 is 0. The van der Waals surface area contributed by atoms with E-state index in [0.717, 1.165) is 12.0 Å². The molecule has 0 aliphatic carbocycles. The highest BCUT2D eigenvalue weighted by Crippen LogP contribution is 2.13. The van der Waals surface area contributed by atoms with E-state index in [9.17, 15) is 4.79 Å². The van der Waals surface area contributed by atoms with E-state index in [2.05, 4.69) is 12.2 Å². The highest BCUT2D eigenvalue weighted by atomic mass is 16.3. The van der Waals surface area contributed by atoms with Crippen molar-refractivity contribution >= 4 is 11.6 Å². The first-order valence-corrected chi connectivity index (χ1v) is 7.33. The fraction of sp³-hybridized carbons (Fsp3) is 0.278. The van der Waals surface area contributed by atoms with Crippen molar-refractivity contribution in [1.29, 1.82) is 0 Å². The maximum Gasteiger partial charge on any atom is 0.255 e. The molecule has 0 saturated heterocycles. The third kappa shape index (κ3) is 4.43. The molecule has 2 N–H and O–H groups in total. The topological polar surface area (TPSA) is 49.3 Å². The molecule has 2 rings (SSSR count). The molecule has 0 atom stereocenters. The largest absolute Gasteiger partial charge is 0.392 e. The van der Waals surface area contributed by atoms with Gasteiger partial charge in [-0.15, -0.1) is 0 Å². The first-order chi connectivity index (χ1) is 10.2. The van der Waals surface area contributed by atoms with Crippen molar-refractivity contribution < 1.29 is 9.90 Å². The van der Waals surface area contributed by atoms with Gasteiger partial charge < -0.3 is 10.4 Å². The molecule has 0 bridgehead atoms. The molecule has 2 aromatic carbocycles. The van der Waals surface area contributed by atoms with E-state index in [1.54, 1.807) is 6.07 Å². The van der Waals surface area contributed by atoms with Crippen LogP contribution in [0.2, 0.25) is 0 Å². The molecular weight excluding hydrogens is 262 g/mol. The predicted molar refractivity (Wildman–Crippen MR) is 85.4 cm³/mol. The molecule has 0 spiro atoms. The molecule has 0 radical (unpaired) electrons. The summed E-state index contributed by atoms with van der Waals surface area (Å²) < 4.78 is 0. The fourth-order valence-corrected chi connectivity index (χ4v) is 2.15. The maximum absolute atomic E-state index is 12.2. The molecule has 0 heterocycles. The molecule has 0 aromatic heterocycles. The second-order valence-electron chi connectivity index (χ2n) is 5.11. The minimum atomic E-state index is -0.132. The lowest BCUT2D eigenvalue weighted by Gasteiger charge is -2.07. The van der Waals surface area contributed by atoms with Gasteiger partial charge in [0, 0.05) is 11.3 Å². The van der Waals surface area contributed by atoms with E-state index < -0.39 is 0 Å². The number of amides is 1. The Hall–Kier alpha value is -2.13. The van der Waals surface area contributed by atoms with Crippen LogP contribution in [0.15, 0.2) is 48.5 Å². The van der Waals surface area contributed by atoms with E-state index in [0.29, 0.717) is 11.3 Å². The lowest BCUT2D eigenvalue weighted by atomic mass is 10.1. The summed E-state index contributed by atoms with van der Waals surface area (Å²) in [6.07, 6.45) is 3.39. The van der Waals surface area contributed by atoms with Crippen LogP contribution in [0.3, 0.4) is 0 Å². The molecule has 110 valence electrons. The van der Waals surface area contributed by atoms with Crippen LogP contribution >= 0.6 is 0 Å². The second kappa shape index (κ2) is 7.60. The number of carbonyl (C=O) groups excluding carboxylic acids is 1. The molecule has 2 aromatic rings. The van der Waals surface area contributed by atoms with Crippen molar-refractivity contribution in [3.8, 4) is 0 Å². The van der Waals surface area contributed by atoms with Crippen LogP contribution in [-0.4, -0.2) is 11.0 Å². The minimum absolute atomic E-state index is 0.0319. The Morgan fingerprint density at radius 3 is 2.52 bits per heavy atom. The van der Waals surface area contributed by atoms with Gasteiger partial charge in [-0.1, -0.05) is 37.6 Å². The summed E-state index contributed by atoms with van der Waals surface area (Å²) in [5.74, 6) is -0.132. The molecule has 0 unspecified atom stereocenters. The smallest absolute Gasteiger partial charge is 0.255 e. The Balaban J connectivity index is 2.02. The van der Waals surface area contributed by atoms with Gasteiger partial charge in [-0.25, -0.2) is 0 Å². The normalized spacial score (nSPS) is 10.4. The van der Waals surface area contributed by atoms with Gasteiger partial charge in [-0.3, -0.25) is 4.79 Å². The van der Waals surface area contributed by atoms with Gasteiger partial charge in [0.05, 0.1) is 6.61 Å². The monoisotopic (exact) mass is 283 g/mol. The van der Waals surface area contributed by atoms with Crippen molar-refractivity contribution in [1.82, 2.24) is 0 Å². The molecule has 0 saturated carbocycles. The zero-order chi connectivity index (χ0) is 15.1. The van der Waals surface area contributed by atoms with Crippen LogP contribution in [-0.2, 0) is 13.0 Å². The number of rotatable bonds is 6. The van der Waals surface area contributed by atoms with Crippen molar-refractivity contribution in [3.05, 3.63) is 65.2 Å². The first kappa shape index (κ1) is 15.3. The van der Waals surface area contributed by atoms with E-state index in [1.165, 1.54) is 18.4 Å². The summed E-state index contributed by atoms with van der Waals surface area (Å²) in [5.41, 5.74) is 3.38. The Morgan fingerprint density at radius 1 is 1.10 bits per heavy atom. The van der Waals surface area contributed by atoms with E-state index >= 15 is 0 Å². The second-order valence-corrected chi connectivity index (χ2v) is 5.11. The summed E-state index contributed by atoms with van der Waals surface area (Å²) in [4.78, 5) is 12.2. The highest BCUT2D eigenvalue weighted by Gasteiger charge is 2.06. The zero-order valence-electron chi connectivity index (χ0n) is 12.3. The third-order valence-electron chi connectivity index (χ3n) is 3.40. The van der Waals surface area contributed by atoms with Crippen LogP contribution in [0.1, 0.15) is 41.3 Å². The van der Waals surface area contributed by atoms with E-state index in [4.69, 9.17) is 5.11 Å². The van der Waals surface area contributed by atoms with E-state index in [1.807, 2.05) is 42.5 Å². The van der Waals surface area contributed by atoms with Gasteiger partial charge in [0.1, 0.15) is 0 Å². The molecular formula is C18H21NO2. The van der Waals surface area contributed by atoms with Crippen LogP contribution in [0.25, 0.3) is 0 Å². The Bertz CT molecular complexity index is 590. The lowest BCUT2D eigenvalue weighted by molar-refractivity contribution is 0.102. The number of aryl methyl sites for hydroxylation is 1. The third-order valence-corrected chi connectivity index (χ3v) is 3.40. The number of benzene rings is 2. The van der Waals surface area contributed by atoms with Crippen LogP contribution in [0.5, 0.6) is 0 Å². The lowest BCUT2D eigenvalue weighted by Crippen LogP contribution is -2.12. The average molecular weight is 283 g/mol. The summed E-state index contributed by atoms with van der Waals surface area (Å²) in [7, 11) is 0. The van der Waals surface area contributed by atoms with Crippen molar-refractivity contribution in [2.24, 2.45) is 0 Å². The molecule has 0 aliphatic heterocycles. The van der Waals surface area contributed by atoms with Gasteiger partial charge in [0.25, 0.3) is 5.91 Å². The number of unbranched alkanes of at least 4 members (excludes halogenated alkanes) is 1. The maximum atomic E-state index is 12.2. The fourth-order valence-electron chi connectivity index (χ4n) is 2.15. The Labute approximate surface area is 125 Å².